The normalized spacial score (nSPS) is 12.7. The number of fused-ring (bicyclic) bond motifs is 6. The minimum atomic E-state index is 0.333. The molecule has 280 valence electrons. The molecule has 1 aliphatic heterocycles. The Morgan fingerprint density at radius 1 is 0.643 bits per heavy atom. The summed E-state index contributed by atoms with van der Waals surface area (Å²) in [6.45, 7) is 18.8. The van der Waals surface area contributed by atoms with Gasteiger partial charge in [-0.05, 0) is 114 Å². The number of hydrogen-bond donors (Lipinski definition) is 0. The Balaban J connectivity index is 1.26. The molecule has 0 aliphatic carbocycles. The average molecular weight is 736 g/mol. The molecule has 6 heteroatoms. The fraction of sp³-hybridized carbons (Fsp3) is 0.240. The summed E-state index contributed by atoms with van der Waals surface area (Å²) in [4.78, 5) is 12.2. The molecule has 0 saturated heterocycles. The lowest BCUT2D eigenvalue weighted by atomic mass is 9.81. The Morgan fingerprint density at radius 3 is 2.09 bits per heavy atom. The molecule has 6 nitrogen and oxygen atoms in total. The minimum Gasteiger partial charge on any atom is -0.457 e. The number of rotatable bonds is 8. The van der Waals surface area contributed by atoms with Crippen LogP contribution in [0, 0.1) is 13.8 Å². The molecule has 0 bridgehead atoms. The van der Waals surface area contributed by atoms with Crippen LogP contribution in [0.5, 0.6) is 11.5 Å². The van der Waals surface area contributed by atoms with Gasteiger partial charge >= 0.3 is 0 Å². The van der Waals surface area contributed by atoms with Gasteiger partial charge in [0, 0.05) is 46.0 Å². The van der Waals surface area contributed by atoms with Gasteiger partial charge in [0.2, 0.25) is 0 Å². The molecule has 1 aliphatic rings. The van der Waals surface area contributed by atoms with Crippen molar-refractivity contribution < 1.29 is 4.74 Å². The van der Waals surface area contributed by atoms with Crippen LogP contribution in [0.1, 0.15) is 87.4 Å². The van der Waals surface area contributed by atoms with Gasteiger partial charge in [0.25, 0.3) is 0 Å². The van der Waals surface area contributed by atoms with E-state index in [1.54, 1.807) is 0 Å². The monoisotopic (exact) mass is 735 g/mol. The molecule has 0 saturated carbocycles. The van der Waals surface area contributed by atoms with Gasteiger partial charge in [-0.3, -0.25) is 4.57 Å². The van der Waals surface area contributed by atoms with Gasteiger partial charge in [-0.2, -0.15) is 0 Å². The average Bonchev–Trinajstić information content (AvgIpc) is 3.69. The van der Waals surface area contributed by atoms with E-state index in [9.17, 15) is 0 Å². The first kappa shape index (κ1) is 35.6. The standard InChI is InChI=1S/C50H49N5O/c1-30(2)35-25-43(31(3)4)49(44(26-35)32(5)6)36-23-37(54-29-53-34(8)33(7)52-50(53)42-16-10-11-17-45(42)54)27-39(24-36)56-38-20-21-41-40-15-9-12-18-46(40)55(47(41)28-38)48-19-13-14-22-51-48/h9-28,30-32H,29H2,1-8H3. The third-order valence-corrected chi connectivity index (χ3v) is 11.6. The Morgan fingerprint density at radius 2 is 1.36 bits per heavy atom. The maximum atomic E-state index is 7.04. The van der Waals surface area contributed by atoms with E-state index in [1.165, 1.54) is 33.3 Å². The summed E-state index contributed by atoms with van der Waals surface area (Å²) in [6, 6.07) is 41.4. The molecule has 0 fully saturated rings. The minimum absolute atomic E-state index is 0.333. The molecule has 9 rings (SSSR count). The zero-order valence-electron chi connectivity index (χ0n) is 33.6. The van der Waals surface area contributed by atoms with Crippen molar-refractivity contribution in [3.8, 4) is 39.8 Å². The summed E-state index contributed by atoms with van der Waals surface area (Å²) in [5.41, 5.74) is 14.3. The molecule has 0 N–H and O–H groups in total. The zero-order chi connectivity index (χ0) is 38.8. The second kappa shape index (κ2) is 13.9. The number of ether oxygens (including phenoxy) is 1. The molecular formula is C50H49N5O. The smallest absolute Gasteiger partial charge is 0.144 e. The Hall–Kier alpha value is -6.14. The van der Waals surface area contributed by atoms with Gasteiger partial charge < -0.3 is 14.2 Å². The van der Waals surface area contributed by atoms with Crippen molar-refractivity contribution in [2.75, 3.05) is 4.90 Å². The van der Waals surface area contributed by atoms with E-state index in [4.69, 9.17) is 14.7 Å². The third-order valence-electron chi connectivity index (χ3n) is 11.6. The predicted molar refractivity (Wildman–Crippen MR) is 232 cm³/mol. The zero-order valence-corrected chi connectivity index (χ0v) is 33.6. The molecule has 0 atom stereocenters. The molecule has 5 aromatic carbocycles. The lowest BCUT2D eigenvalue weighted by molar-refractivity contribution is 0.483. The molecule has 3 aromatic heterocycles. The van der Waals surface area contributed by atoms with Crippen LogP contribution in [-0.4, -0.2) is 19.1 Å². The van der Waals surface area contributed by atoms with Crippen molar-refractivity contribution in [1.29, 1.82) is 0 Å². The van der Waals surface area contributed by atoms with E-state index >= 15 is 0 Å². The maximum absolute atomic E-state index is 7.04. The lowest BCUT2D eigenvalue weighted by Crippen LogP contribution is -2.27. The molecule has 0 radical (unpaired) electrons. The summed E-state index contributed by atoms with van der Waals surface area (Å²) in [6.07, 6.45) is 1.85. The molecule has 0 unspecified atom stereocenters. The van der Waals surface area contributed by atoms with E-state index in [0.717, 1.165) is 67.8 Å². The highest BCUT2D eigenvalue weighted by Gasteiger charge is 2.28. The second-order valence-corrected chi connectivity index (χ2v) is 16.2. The fourth-order valence-corrected chi connectivity index (χ4v) is 8.48. The van der Waals surface area contributed by atoms with Crippen LogP contribution in [0.2, 0.25) is 0 Å². The van der Waals surface area contributed by atoms with Gasteiger partial charge in [-0.15, -0.1) is 0 Å². The second-order valence-electron chi connectivity index (χ2n) is 16.2. The van der Waals surface area contributed by atoms with E-state index in [2.05, 4.69) is 173 Å². The van der Waals surface area contributed by atoms with E-state index in [1.807, 2.05) is 18.3 Å². The topological polar surface area (TPSA) is 48.1 Å². The Kier molecular flexibility index (Phi) is 8.80. The van der Waals surface area contributed by atoms with Gasteiger partial charge in [0.1, 0.15) is 29.8 Å². The molecule has 4 heterocycles. The van der Waals surface area contributed by atoms with Crippen LogP contribution >= 0.6 is 0 Å². The van der Waals surface area contributed by atoms with Crippen molar-refractivity contribution >= 4 is 33.2 Å². The maximum Gasteiger partial charge on any atom is 0.144 e. The van der Waals surface area contributed by atoms with E-state index in [0.29, 0.717) is 24.4 Å². The summed E-state index contributed by atoms with van der Waals surface area (Å²) in [7, 11) is 0. The number of nitrogens with zero attached hydrogens (tertiary/aromatic N) is 5. The highest BCUT2D eigenvalue weighted by Crippen LogP contribution is 2.46. The van der Waals surface area contributed by atoms with Crippen LogP contribution in [0.4, 0.5) is 11.4 Å². The van der Waals surface area contributed by atoms with Crippen LogP contribution in [-0.2, 0) is 6.67 Å². The SMILES string of the molecule is Cc1nc2n(c1C)CN(c1cc(Oc3ccc4c5ccccc5n(-c5ccccn5)c4c3)cc(-c3c(C(C)C)cc(C(C)C)cc3C(C)C)c1)c1ccccc1-2. The van der Waals surface area contributed by atoms with Crippen molar-refractivity contribution in [3.05, 3.63) is 150 Å². The molecule has 8 aromatic rings. The summed E-state index contributed by atoms with van der Waals surface area (Å²) >= 11 is 0. The number of hydrogen-bond acceptors (Lipinski definition) is 4. The first-order chi connectivity index (χ1) is 27.1. The lowest BCUT2D eigenvalue weighted by Gasteiger charge is -2.33. The van der Waals surface area contributed by atoms with Gasteiger partial charge in [0.05, 0.1) is 22.4 Å². The molecule has 56 heavy (non-hydrogen) atoms. The number of imidazole rings is 1. The summed E-state index contributed by atoms with van der Waals surface area (Å²) in [5.74, 6) is 4.55. The van der Waals surface area contributed by atoms with Crippen LogP contribution in [0.15, 0.2) is 121 Å². The van der Waals surface area contributed by atoms with E-state index in [-0.39, 0.29) is 0 Å². The summed E-state index contributed by atoms with van der Waals surface area (Å²) < 4.78 is 11.6. The van der Waals surface area contributed by atoms with Crippen molar-refractivity contribution in [2.45, 2.75) is 79.8 Å². The van der Waals surface area contributed by atoms with Gasteiger partial charge in [-0.25, -0.2) is 9.97 Å². The number of aromatic nitrogens is 4. The van der Waals surface area contributed by atoms with Crippen molar-refractivity contribution in [1.82, 2.24) is 19.1 Å². The first-order valence-electron chi connectivity index (χ1n) is 19.9. The number of aryl methyl sites for hydroxylation is 1. The quantitative estimate of drug-likeness (QED) is 0.156. The number of anilines is 2. The molecular weight excluding hydrogens is 687 g/mol. The van der Waals surface area contributed by atoms with Gasteiger partial charge in [-0.1, -0.05) is 90.1 Å². The van der Waals surface area contributed by atoms with Crippen molar-refractivity contribution in [2.24, 2.45) is 0 Å². The van der Waals surface area contributed by atoms with Crippen LogP contribution in [0.3, 0.4) is 0 Å². The van der Waals surface area contributed by atoms with E-state index < -0.39 is 0 Å². The largest absolute Gasteiger partial charge is 0.457 e. The predicted octanol–water partition coefficient (Wildman–Crippen LogP) is 13.6. The number of benzene rings is 5. The molecule has 0 amide bonds. The number of pyridine rings is 1. The van der Waals surface area contributed by atoms with Crippen molar-refractivity contribution in [3.63, 3.8) is 0 Å². The Labute approximate surface area is 330 Å². The van der Waals surface area contributed by atoms with Gasteiger partial charge in [0.15, 0.2) is 0 Å². The first-order valence-corrected chi connectivity index (χ1v) is 19.9. The Bertz CT molecular complexity index is 2740. The third kappa shape index (κ3) is 5.95. The highest BCUT2D eigenvalue weighted by molar-refractivity contribution is 6.09. The van der Waals surface area contributed by atoms with Crippen LogP contribution < -0.4 is 9.64 Å². The van der Waals surface area contributed by atoms with Crippen LogP contribution in [0.25, 0.3) is 50.1 Å². The highest BCUT2D eigenvalue weighted by atomic mass is 16.5. The summed E-state index contributed by atoms with van der Waals surface area (Å²) in [5, 5.41) is 2.34. The number of para-hydroxylation sites is 2. The fourth-order valence-electron chi connectivity index (χ4n) is 8.48. The molecule has 0 spiro atoms.